The number of likely N-dealkylation sites (tertiary alicyclic amines) is 1. The van der Waals surface area contributed by atoms with E-state index in [2.05, 4.69) is 24.5 Å². The molecule has 1 N–H and O–H groups in total. The fourth-order valence-electron chi connectivity index (χ4n) is 3.68. The Morgan fingerprint density at radius 3 is 2.96 bits per heavy atom. The van der Waals surface area contributed by atoms with Gasteiger partial charge in [0.25, 0.3) is 11.5 Å². The van der Waals surface area contributed by atoms with Crippen LogP contribution in [0.4, 0.5) is 0 Å². The minimum absolute atomic E-state index is 0.0879. The number of nitrogens with one attached hydrogen (secondary N) is 1. The number of nitrogens with zero attached hydrogens (tertiary/aromatic N) is 5. The van der Waals surface area contributed by atoms with Gasteiger partial charge in [-0.2, -0.15) is 0 Å². The Bertz CT molecular complexity index is 1030. The molecule has 8 heteroatoms. The van der Waals surface area contributed by atoms with E-state index in [-0.39, 0.29) is 17.4 Å². The van der Waals surface area contributed by atoms with Gasteiger partial charge in [0.05, 0.1) is 6.54 Å². The number of hydrogen-bond acceptors (Lipinski definition) is 5. The Morgan fingerprint density at radius 1 is 1.29 bits per heavy atom. The molecular formula is C20H22N6O2. The highest BCUT2D eigenvalue weighted by Gasteiger charge is 2.29. The van der Waals surface area contributed by atoms with Crippen molar-refractivity contribution in [1.82, 2.24) is 29.4 Å². The standard InChI is InChI=1S/C20H22N6O2/c1-14-23-11-17(19(27)24-14)20(28)26-8-3-5-16(13-26)18-22-7-9-25(18)12-15-4-2-6-21-10-15/h2,4,6-7,9-11,16H,3,5,8,12-13H2,1H3,(H,23,24,27)/t16-/m0/s1. The SMILES string of the molecule is Cc1ncc(C(=O)N2CCC[C@H](c3nccn3Cc3cccnc3)C2)c(=O)[nH]1. The van der Waals surface area contributed by atoms with Crippen LogP contribution in [0.1, 0.15) is 46.3 Å². The van der Waals surface area contributed by atoms with Crippen LogP contribution in [0.2, 0.25) is 0 Å². The zero-order valence-corrected chi connectivity index (χ0v) is 15.7. The van der Waals surface area contributed by atoms with Crippen LogP contribution < -0.4 is 5.56 Å². The second-order valence-electron chi connectivity index (χ2n) is 7.08. The maximum absolute atomic E-state index is 12.9. The van der Waals surface area contributed by atoms with Crippen molar-refractivity contribution in [2.24, 2.45) is 0 Å². The van der Waals surface area contributed by atoms with E-state index in [1.165, 1.54) is 6.20 Å². The number of aryl methyl sites for hydroxylation is 1. The van der Waals surface area contributed by atoms with Gasteiger partial charge in [-0.1, -0.05) is 6.07 Å². The smallest absolute Gasteiger partial charge is 0.263 e. The van der Waals surface area contributed by atoms with E-state index >= 15 is 0 Å². The molecule has 0 aliphatic carbocycles. The Kier molecular flexibility index (Phi) is 5.01. The maximum Gasteiger partial charge on any atom is 0.263 e. The van der Waals surface area contributed by atoms with Gasteiger partial charge in [0.1, 0.15) is 17.2 Å². The monoisotopic (exact) mass is 378 g/mol. The molecule has 1 atom stereocenters. The fraction of sp³-hybridized carbons (Fsp3) is 0.350. The molecule has 3 aromatic heterocycles. The van der Waals surface area contributed by atoms with Gasteiger partial charge in [-0.15, -0.1) is 0 Å². The fourth-order valence-corrected chi connectivity index (χ4v) is 3.68. The zero-order valence-electron chi connectivity index (χ0n) is 15.7. The zero-order chi connectivity index (χ0) is 19.5. The van der Waals surface area contributed by atoms with Crippen LogP contribution in [0.25, 0.3) is 0 Å². The molecular weight excluding hydrogens is 356 g/mol. The third-order valence-corrected chi connectivity index (χ3v) is 5.05. The molecule has 0 radical (unpaired) electrons. The molecule has 0 saturated carbocycles. The number of carbonyl (C=O) groups excluding carboxylic acids is 1. The van der Waals surface area contributed by atoms with Crippen molar-refractivity contribution < 1.29 is 4.79 Å². The van der Waals surface area contributed by atoms with E-state index in [0.717, 1.165) is 24.2 Å². The number of piperidine rings is 1. The molecule has 0 unspecified atom stereocenters. The van der Waals surface area contributed by atoms with E-state index in [4.69, 9.17) is 0 Å². The number of H-pyrrole nitrogens is 1. The van der Waals surface area contributed by atoms with Crippen molar-refractivity contribution in [2.75, 3.05) is 13.1 Å². The number of rotatable bonds is 4. The molecule has 3 aromatic rings. The molecule has 8 nitrogen and oxygen atoms in total. The second kappa shape index (κ2) is 7.75. The molecule has 0 aromatic carbocycles. The highest BCUT2D eigenvalue weighted by Crippen LogP contribution is 2.27. The predicted octanol–water partition coefficient (Wildman–Crippen LogP) is 1.74. The average Bonchev–Trinajstić information content (AvgIpc) is 3.16. The minimum atomic E-state index is -0.391. The molecule has 0 bridgehead atoms. The number of carbonyl (C=O) groups is 1. The highest BCUT2D eigenvalue weighted by molar-refractivity contribution is 5.93. The van der Waals surface area contributed by atoms with Gasteiger partial charge < -0.3 is 14.5 Å². The first-order valence-corrected chi connectivity index (χ1v) is 9.37. The third-order valence-electron chi connectivity index (χ3n) is 5.05. The van der Waals surface area contributed by atoms with Crippen LogP contribution in [0.3, 0.4) is 0 Å². The Balaban J connectivity index is 1.52. The van der Waals surface area contributed by atoms with Crippen molar-refractivity contribution in [3.63, 3.8) is 0 Å². The predicted molar refractivity (Wildman–Crippen MR) is 103 cm³/mol. The van der Waals surface area contributed by atoms with Crippen molar-refractivity contribution in [2.45, 2.75) is 32.2 Å². The normalized spacial score (nSPS) is 16.9. The summed E-state index contributed by atoms with van der Waals surface area (Å²) in [5, 5.41) is 0. The molecule has 144 valence electrons. The van der Waals surface area contributed by atoms with Crippen LogP contribution in [-0.4, -0.2) is 48.4 Å². The topological polar surface area (TPSA) is 96.8 Å². The number of aromatic amines is 1. The molecule has 1 saturated heterocycles. The summed E-state index contributed by atoms with van der Waals surface area (Å²) < 4.78 is 2.11. The minimum Gasteiger partial charge on any atom is -0.338 e. The van der Waals surface area contributed by atoms with Crippen molar-refractivity contribution in [3.8, 4) is 0 Å². The van der Waals surface area contributed by atoms with Crippen molar-refractivity contribution in [1.29, 1.82) is 0 Å². The van der Waals surface area contributed by atoms with Gasteiger partial charge in [-0.05, 0) is 31.4 Å². The van der Waals surface area contributed by atoms with Crippen LogP contribution in [0.5, 0.6) is 0 Å². The molecule has 1 fully saturated rings. The van der Waals surface area contributed by atoms with E-state index < -0.39 is 5.56 Å². The summed E-state index contributed by atoms with van der Waals surface area (Å²) in [6.07, 6.45) is 10.5. The summed E-state index contributed by atoms with van der Waals surface area (Å²) in [6, 6.07) is 3.95. The van der Waals surface area contributed by atoms with Gasteiger partial charge in [0, 0.05) is 50.0 Å². The summed E-state index contributed by atoms with van der Waals surface area (Å²) in [5.41, 5.74) is 0.797. The Labute approximate surface area is 162 Å². The molecule has 4 rings (SSSR count). The van der Waals surface area contributed by atoms with Crippen LogP contribution in [0.15, 0.2) is 47.9 Å². The summed E-state index contributed by atoms with van der Waals surface area (Å²) >= 11 is 0. The average molecular weight is 378 g/mol. The maximum atomic E-state index is 12.9. The molecule has 1 aliphatic heterocycles. The van der Waals surface area contributed by atoms with Gasteiger partial charge in [0.2, 0.25) is 0 Å². The lowest BCUT2D eigenvalue weighted by atomic mass is 9.96. The number of imidazole rings is 1. The molecule has 1 aliphatic rings. The summed E-state index contributed by atoms with van der Waals surface area (Å²) in [4.78, 5) is 42.1. The quantitative estimate of drug-likeness (QED) is 0.746. The van der Waals surface area contributed by atoms with E-state index in [9.17, 15) is 9.59 Å². The van der Waals surface area contributed by atoms with E-state index in [0.29, 0.717) is 25.5 Å². The second-order valence-corrected chi connectivity index (χ2v) is 7.08. The van der Waals surface area contributed by atoms with E-state index in [1.54, 1.807) is 24.2 Å². The largest absolute Gasteiger partial charge is 0.338 e. The summed E-state index contributed by atoms with van der Waals surface area (Å²) in [5.74, 6) is 1.30. The van der Waals surface area contributed by atoms with Gasteiger partial charge >= 0.3 is 0 Å². The van der Waals surface area contributed by atoms with E-state index in [1.807, 2.05) is 24.5 Å². The molecule has 28 heavy (non-hydrogen) atoms. The number of hydrogen-bond donors (Lipinski definition) is 1. The first-order chi connectivity index (χ1) is 13.6. The Hall–Kier alpha value is -3.29. The van der Waals surface area contributed by atoms with Gasteiger partial charge in [-0.25, -0.2) is 9.97 Å². The van der Waals surface area contributed by atoms with Crippen molar-refractivity contribution in [3.05, 3.63) is 76.2 Å². The molecule has 0 spiro atoms. The van der Waals surface area contributed by atoms with Crippen molar-refractivity contribution >= 4 is 5.91 Å². The third kappa shape index (κ3) is 3.71. The molecule has 1 amide bonds. The van der Waals surface area contributed by atoms with Crippen LogP contribution in [0, 0.1) is 6.92 Å². The van der Waals surface area contributed by atoms with Crippen LogP contribution in [-0.2, 0) is 6.54 Å². The summed E-state index contributed by atoms with van der Waals surface area (Å²) in [7, 11) is 0. The first-order valence-electron chi connectivity index (χ1n) is 9.37. The molecule has 4 heterocycles. The number of pyridine rings is 1. The lowest BCUT2D eigenvalue weighted by Crippen LogP contribution is -2.41. The lowest BCUT2D eigenvalue weighted by Gasteiger charge is -2.32. The first kappa shape index (κ1) is 18.1. The number of amides is 1. The summed E-state index contributed by atoms with van der Waals surface area (Å²) in [6.45, 7) is 3.55. The van der Waals surface area contributed by atoms with Crippen LogP contribution >= 0.6 is 0 Å². The highest BCUT2D eigenvalue weighted by atomic mass is 16.2. The van der Waals surface area contributed by atoms with Gasteiger partial charge in [0.15, 0.2) is 0 Å². The number of aromatic nitrogens is 5. The Morgan fingerprint density at radius 2 is 2.18 bits per heavy atom. The van der Waals surface area contributed by atoms with Gasteiger partial charge in [-0.3, -0.25) is 14.6 Å². The lowest BCUT2D eigenvalue weighted by molar-refractivity contribution is 0.0701.